The monoisotopic (exact) mass is 323 g/mol. The van der Waals surface area contributed by atoms with Gasteiger partial charge in [-0.2, -0.15) is 0 Å². The summed E-state index contributed by atoms with van der Waals surface area (Å²) < 4.78 is 0. The molecule has 1 aliphatic heterocycles. The molecule has 2 unspecified atom stereocenters. The van der Waals surface area contributed by atoms with Crippen LogP contribution in [0.2, 0.25) is 0 Å². The fourth-order valence-electron chi connectivity index (χ4n) is 2.51. The molecule has 2 rings (SSSR count). The highest BCUT2D eigenvalue weighted by Crippen LogP contribution is 2.23. The molecule has 0 radical (unpaired) electrons. The molecule has 0 N–H and O–H groups in total. The maximum atomic E-state index is 12.2. The van der Waals surface area contributed by atoms with Crippen LogP contribution in [0.25, 0.3) is 0 Å². The van der Waals surface area contributed by atoms with Crippen molar-refractivity contribution < 1.29 is 4.79 Å². The van der Waals surface area contributed by atoms with Gasteiger partial charge in [-0.3, -0.25) is 4.79 Å². The number of aryl methyl sites for hydroxylation is 2. The summed E-state index contributed by atoms with van der Waals surface area (Å²) in [6.07, 6.45) is 2.54. The quantitative estimate of drug-likeness (QED) is 0.779. The van der Waals surface area contributed by atoms with Gasteiger partial charge in [0.15, 0.2) is 0 Å². The van der Waals surface area contributed by atoms with E-state index in [9.17, 15) is 4.79 Å². The molecule has 3 heteroatoms. The van der Waals surface area contributed by atoms with E-state index in [1.54, 1.807) is 0 Å². The first-order valence-electron chi connectivity index (χ1n) is 7.03. The van der Waals surface area contributed by atoms with Crippen molar-refractivity contribution >= 4 is 21.8 Å². The van der Waals surface area contributed by atoms with Crippen molar-refractivity contribution in [3.05, 3.63) is 35.4 Å². The number of hydrogen-bond donors (Lipinski definition) is 0. The number of nitrogens with zero attached hydrogens (tertiary/aromatic N) is 1. The van der Waals surface area contributed by atoms with Crippen LogP contribution >= 0.6 is 15.9 Å². The molecule has 1 aliphatic rings. The standard InChI is InChI=1S/C16H22BrNO/c1-12-3-5-14(6-4-12)7-8-16(19)18-10-9-15(17)13(2)11-18/h3-6,13,15H,7-11H2,1-2H3. The van der Waals surface area contributed by atoms with Gasteiger partial charge in [0.05, 0.1) is 0 Å². The van der Waals surface area contributed by atoms with Gasteiger partial charge in [-0.15, -0.1) is 0 Å². The third-order valence-corrected chi connectivity index (χ3v) is 5.26. The number of hydrogen-bond acceptors (Lipinski definition) is 1. The highest BCUT2D eigenvalue weighted by Gasteiger charge is 2.26. The predicted octanol–water partition coefficient (Wildman–Crippen LogP) is 3.56. The lowest BCUT2D eigenvalue weighted by atomic mass is 9.99. The number of benzene rings is 1. The van der Waals surface area contributed by atoms with Gasteiger partial charge >= 0.3 is 0 Å². The van der Waals surface area contributed by atoms with E-state index >= 15 is 0 Å². The smallest absolute Gasteiger partial charge is 0.222 e. The Morgan fingerprint density at radius 2 is 2.05 bits per heavy atom. The number of rotatable bonds is 3. The topological polar surface area (TPSA) is 20.3 Å². The SMILES string of the molecule is Cc1ccc(CCC(=O)N2CCC(Br)C(C)C2)cc1. The predicted molar refractivity (Wildman–Crippen MR) is 82.6 cm³/mol. The van der Waals surface area contributed by atoms with Crippen LogP contribution in [-0.2, 0) is 11.2 Å². The van der Waals surface area contributed by atoms with Crippen LogP contribution in [0.4, 0.5) is 0 Å². The van der Waals surface area contributed by atoms with Crippen molar-refractivity contribution in [2.24, 2.45) is 5.92 Å². The Morgan fingerprint density at radius 1 is 1.37 bits per heavy atom. The van der Waals surface area contributed by atoms with Gasteiger partial charge in [0.25, 0.3) is 0 Å². The molecule has 1 heterocycles. The second-order valence-electron chi connectivity index (χ2n) is 5.61. The fourth-order valence-corrected chi connectivity index (χ4v) is 2.88. The Bertz CT molecular complexity index is 429. The maximum Gasteiger partial charge on any atom is 0.222 e. The van der Waals surface area contributed by atoms with Crippen molar-refractivity contribution in [2.45, 2.75) is 37.9 Å². The summed E-state index contributed by atoms with van der Waals surface area (Å²) in [5, 5.41) is 0. The maximum absolute atomic E-state index is 12.2. The van der Waals surface area contributed by atoms with E-state index in [1.165, 1.54) is 11.1 Å². The van der Waals surface area contributed by atoms with Gasteiger partial charge in [0, 0.05) is 24.3 Å². The van der Waals surface area contributed by atoms with E-state index < -0.39 is 0 Å². The summed E-state index contributed by atoms with van der Waals surface area (Å²) >= 11 is 3.67. The Labute approximate surface area is 124 Å². The minimum absolute atomic E-state index is 0.298. The fraction of sp³-hybridized carbons (Fsp3) is 0.562. The molecular weight excluding hydrogens is 302 g/mol. The van der Waals surface area contributed by atoms with Crippen molar-refractivity contribution in [3.63, 3.8) is 0 Å². The van der Waals surface area contributed by atoms with Crippen LogP contribution in [0.1, 0.15) is 30.9 Å². The molecule has 1 amide bonds. The number of alkyl halides is 1. The zero-order valence-corrected chi connectivity index (χ0v) is 13.3. The summed E-state index contributed by atoms with van der Waals surface area (Å²) in [5.41, 5.74) is 2.52. The van der Waals surface area contributed by atoms with Crippen molar-refractivity contribution in [1.82, 2.24) is 4.90 Å². The first kappa shape index (κ1) is 14.6. The minimum atomic E-state index is 0.298. The summed E-state index contributed by atoms with van der Waals surface area (Å²) in [5.74, 6) is 0.851. The molecule has 0 aromatic heterocycles. The number of carbonyl (C=O) groups is 1. The lowest BCUT2D eigenvalue weighted by Gasteiger charge is -2.34. The van der Waals surface area contributed by atoms with E-state index in [4.69, 9.17) is 0 Å². The first-order valence-corrected chi connectivity index (χ1v) is 7.95. The molecule has 0 spiro atoms. The minimum Gasteiger partial charge on any atom is -0.342 e. The summed E-state index contributed by atoms with van der Waals surface area (Å²) in [7, 11) is 0. The number of piperidine rings is 1. The largest absolute Gasteiger partial charge is 0.342 e. The van der Waals surface area contributed by atoms with E-state index in [0.717, 1.165) is 25.9 Å². The molecule has 1 fully saturated rings. The van der Waals surface area contributed by atoms with Gasteiger partial charge in [-0.05, 0) is 31.2 Å². The van der Waals surface area contributed by atoms with Crippen LogP contribution in [-0.4, -0.2) is 28.7 Å². The summed E-state index contributed by atoms with van der Waals surface area (Å²) in [6, 6.07) is 8.46. The molecular formula is C16H22BrNO. The Balaban J connectivity index is 1.83. The summed E-state index contributed by atoms with van der Waals surface area (Å²) in [4.78, 5) is 14.8. The molecule has 0 bridgehead atoms. The van der Waals surface area contributed by atoms with Crippen molar-refractivity contribution in [1.29, 1.82) is 0 Å². The number of amides is 1. The zero-order chi connectivity index (χ0) is 13.8. The second kappa shape index (κ2) is 6.56. The van der Waals surface area contributed by atoms with Gasteiger partial charge in [-0.1, -0.05) is 52.7 Å². The molecule has 2 atom stereocenters. The lowest BCUT2D eigenvalue weighted by molar-refractivity contribution is -0.132. The average molecular weight is 324 g/mol. The normalized spacial score (nSPS) is 23.4. The average Bonchev–Trinajstić information content (AvgIpc) is 2.41. The molecule has 0 aliphatic carbocycles. The highest BCUT2D eigenvalue weighted by molar-refractivity contribution is 9.09. The van der Waals surface area contributed by atoms with Crippen LogP contribution in [0.15, 0.2) is 24.3 Å². The van der Waals surface area contributed by atoms with Crippen LogP contribution < -0.4 is 0 Å². The third kappa shape index (κ3) is 4.07. The number of carbonyl (C=O) groups excluding carboxylic acids is 1. The molecule has 19 heavy (non-hydrogen) atoms. The molecule has 1 aromatic rings. The summed E-state index contributed by atoms with van der Waals surface area (Å²) in [6.45, 7) is 6.08. The Morgan fingerprint density at radius 3 is 2.68 bits per heavy atom. The molecule has 1 saturated heterocycles. The van der Waals surface area contributed by atoms with E-state index in [1.807, 2.05) is 4.90 Å². The van der Waals surface area contributed by atoms with Gasteiger partial charge in [0.1, 0.15) is 0 Å². The lowest BCUT2D eigenvalue weighted by Crippen LogP contribution is -2.43. The number of likely N-dealkylation sites (tertiary alicyclic amines) is 1. The van der Waals surface area contributed by atoms with E-state index in [-0.39, 0.29) is 0 Å². The van der Waals surface area contributed by atoms with Gasteiger partial charge in [-0.25, -0.2) is 0 Å². The third-order valence-electron chi connectivity index (χ3n) is 3.90. The van der Waals surface area contributed by atoms with Gasteiger partial charge in [0.2, 0.25) is 5.91 Å². The van der Waals surface area contributed by atoms with E-state index in [0.29, 0.717) is 23.1 Å². The van der Waals surface area contributed by atoms with Gasteiger partial charge < -0.3 is 4.90 Å². The Kier molecular flexibility index (Phi) is 5.03. The molecule has 104 valence electrons. The molecule has 2 nitrogen and oxygen atoms in total. The van der Waals surface area contributed by atoms with Crippen LogP contribution in [0.3, 0.4) is 0 Å². The van der Waals surface area contributed by atoms with Crippen molar-refractivity contribution in [3.8, 4) is 0 Å². The van der Waals surface area contributed by atoms with Crippen LogP contribution in [0, 0.1) is 12.8 Å². The number of halogens is 1. The van der Waals surface area contributed by atoms with Crippen LogP contribution in [0.5, 0.6) is 0 Å². The zero-order valence-electron chi connectivity index (χ0n) is 11.7. The molecule has 1 aromatic carbocycles. The first-order chi connectivity index (χ1) is 9.06. The van der Waals surface area contributed by atoms with E-state index in [2.05, 4.69) is 54.0 Å². The Hall–Kier alpha value is -0.830. The highest BCUT2D eigenvalue weighted by atomic mass is 79.9. The van der Waals surface area contributed by atoms with Crippen molar-refractivity contribution in [2.75, 3.05) is 13.1 Å². The second-order valence-corrected chi connectivity index (χ2v) is 6.78. The molecule has 0 saturated carbocycles.